The van der Waals surface area contributed by atoms with E-state index in [2.05, 4.69) is 46.4 Å². The van der Waals surface area contributed by atoms with E-state index in [1.54, 1.807) is 31.0 Å². The van der Waals surface area contributed by atoms with Crippen molar-refractivity contribution in [3.05, 3.63) is 72.3 Å². The lowest BCUT2D eigenvalue weighted by molar-refractivity contribution is 0.0795. The van der Waals surface area contributed by atoms with Crippen LogP contribution in [0.4, 0.5) is 5.69 Å². The number of nitrogens with zero attached hydrogens (tertiary/aromatic N) is 2. The Morgan fingerprint density at radius 2 is 1.85 bits per heavy atom. The summed E-state index contributed by atoms with van der Waals surface area (Å²) in [5, 5.41) is 23.1. The monoisotopic (exact) mass is 447 g/mol. The molecule has 172 valence electrons. The van der Waals surface area contributed by atoms with Crippen molar-refractivity contribution < 1.29 is 19.7 Å². The Labute approximate surface area is 194 Å². The van der Waals surface area contributed by atoms with Crippen molar-refractivity contribution >= 4 is 5.69 Å². The Kier molecular flexibility index (Phi) is 7.43. The number of rotatable bonds is 7. The summed E-state index contributed by atoms with van der Waals surface area (Å²) in [4.78, 5) is 4.14. The van der Waals surface area contributed by atoms with Crippen LogP contribution in [0.15, 0.2) is 60.9 Å². The van der Waals surface area contributed by atoms with Crippen molar-refractivity contribution in [3.8, 4) is 23.0 Å². The van der Waals surface area contributed by atoms with Crippen LogP contribution in [-0.4, -0.2) is 58.8 Å². The lowest BCUT2D eigenvalue weighted by Gasteiger charge is -2.19. The van der Waals surface area contributed by atoms with E-state index in [1.165, 1.54) is 0 Å². The molecule has 0 saturated carbocycles. The Balaban J connectivity index is 1.43. The summed E-state index contributed by atoms with van der Waals surface area (Å²) in [5.74, 6) is 6.67. The molecule has 1 saturated heterocycles. The number of aliphatic hydroxyl groups excluding tert-OH is 2. The molecule has 0 radical (unpaired) electrons. The van der Waals surface area contributed by atoms with E-state index in [0.717, 1.165) is 22.4 Å². The zero-order valence-electron chi connectivity index (χ0n) is 18.8. The van der Waals surface area contributed by atoms with E-state index in [-0.39, 0.29) is 18.8 Å². The number of aliphatic hydroxyl groups is 2. The van der Waals surface area contributed by atoms with Gasteiger partial charge in [-0.15, -0.1) is 0 Å². The van der Waals surface area contributed by atoms with Gasteiger partial charge in [0, 0.05) is 30.8 Å². The lowest BCUT2D eigenvalue weighted by Crippen LogP contribution is -2.33. The highest BCUT2D eigenvalue weighted by atomic mass is 16.5. The zero-order chi connectivity index (χ0) is 23.2. The molecule has 2 aromatic carbocycles. The van der Waals surface area contributed by atoms with Gasteiger partial charge in [0.05, 0.1) is 25.9 Å². The minimum atomic E-state index is -0.732. The van der Waals surface area contributed by atoms with E-state index >= 15 is 0 Å². The first-order chi connectivity index (χ1) is 16.1. The van der Waals surface area contributed by atoms with Crippen LogP contribution in [-0.2, 0) is 9.47 Å². The van der Waals surface area contributed by atoms with Crippen LogP contribution < -0.4 is 5.32 Å². The van der Waals surface area contributed by atoms with Gasteiger partial charge in [-0.3, -0.25) is 0 Å². The van der Waals surface area contributed by atoms with Crippen LogP contribution in [0.3, 0.4) is 0 Å². The minimum Gasteiger partial charge on any atom is -0.393 e. The molecule has 3 aromatic rings. The second-order valence-corrected chi connectivity index (χ2v) is 8.05. The molecule has 0 spiro atoms. The third-order valence-corrected chi connectivity index (χ3v) is 5.75. The summed E-state index contributed by atoms with van der Waals surface area (Å²) in [6.45, 7) is 2.73. The molecular weight excluding hydrogens is 418 g/mol. The summed E-state index contributed by atoms with van der Waals surface area (Å²) in [5.41, 5.74) is 4.08. The summed E-state index contributed by atoms with van der Waals surface area (Å²) in [6, 6.07) is 16.0. The van der Waals surface area contributed by atoms with Crippen molar-refractivity contribution in [2.45, 2.75) is 31.2 Å². The average Bonchev–Trinajstić information content (AvgIpc) is 3.50. The van der Waals surface area contributed by atoms with Crippen molar-refractivity contribution in [1.29, 1.82) is 0 Å². The second kappa shape index (κ2) is 10.6. The summed E-state index contributed by atoms with van der Waals surface area (Å²) < 4.78 is 12.6. The van der Waals surface area contributed by atoms with Gasteiger partial charge in [-0.25, -0.2) is 4.98 Å². The standard InChI is InChI=1S/C26H29N3O4/c1-18(31)26-27-13-14-29(26)23(15-30)12-5-19-3-6-20(7-4-19)21-8-10-22(11-9-21)28-24-16-33-17-25(24)32-2/h3-4,6-11,13-14,18,23-25,28,30-31H,15-17H2,1-2H3/t18-,23-,24-,25-/m0/s1. The quantitative estimate of drug-likeness (QED) is 0.483. The van der Waals surface area contributed by atoms with Gasteiger partial charge in [0.1, 0.15) is 24.1 Å². The molecular formula is C26H29N3O4. The highest BCUT2D eigenvalue weighted by Crippen LogP contribution is 2.23. The molecule has 1 aliphatic rings. The van der Waals surface area contributed by atoms with Crippen LogP contribution in [0.5, 0.6) is 0 Å². The highest BCUT2D eigenvalue weighted by Gasteiger charge is 2.27. The maximum absolute atomic E-state index is 9.84. The first kappa shape index (κ1) is 23.0. The van der Waals surface area contributed by atoms with Crippen LogP contribution in [0.1, 0.15) is 30.5 Å². The Hall–Kier alpha value is -3.15. The van der Waals surface area contributed by atoms with Crippen LogP contribution in [0, 0.1) is 11.8 Å². The van der Waals surface area contributed by atoms with E-state index in [0.29, 0.717) is 19.0 Å². The maximum atomic E-state index is 9.84. The Morgan fingerprint density at radius 1 is 1.15 bits per heavy atom. The van der Waals surface area contributed by atoms with Gasteiger partial charge in [0.2, 0.25) is 0 Å². The van der Waals surface area contributed by atoms with Gasteiger partial charge in [-0.05, 0) is 42.3 Å². The van der Waals surface area contributed by atoms with Crippen molar-refractivity contribution in [1.82, 2.24) is 9.55 Å². The van der Waals surface area contributed by atoms with E-state index in [9.17, 15) is 10.2 Å². The van der Waals surface area contributed by atoms with Gasteiger partial charge < -0.3 is 29.6 Å². The lowest BCUT2D eigenvalue weighted by atomic mass is 10.0. The van der Waals surface area contributed by atoms with E-state index < -0.39 is 12.1 Å². The Morgan fingerprint density at radius 3 is 2.48 bits per heavy atom. The van der Waals surface area contributed by atoms with Gasteiger partial charge in [-0.1, -0.05) is 36.1 Å². The summed E-state index contributed by atoms with van der Waals surface area (Å²) in [7, 11) is 1.71. The number of ether oxygens (including phenoxy) is 2. The number of aromatic nitrogens is 2. The summed E-state index contributed by atoms with van der Waals surface area (Å²) in [6.07, 6.45) is 2.65. The molecule has 4 atom stereocenters. The maximum Gasteiger partial charge on any atom is 0.138 e. The molecule has 7 heteroatoms. The van der Waals surface area contributed by atoms with Gasteiger partial charge >= 0.3 is 0 Å². The van der Waals surface area contributed by atoms with Gasteiger partial charge in [0.15, 0.2) is 0 Å². The molecule has 2 heterocycles. The summed E-state index contributed by atoms with van der Waals surface area (Å²) >= 11 is 0. The third kappa shape index (κ3) is 5.44. The van der Waals surface area contributed by atoms with E-state index in [1.807, 2.05) is 24.3 Å². The van der Waals surface area contributed by atoms with Crippen molar-refractivity contribution in [2.75, 3.05) is 32.2 Å². The molecule has 0 amide bonds. The molecule has 3 N–H and O–H groups in total. The minimum absolute atomic E-state index is 0.0659. The molecule has 33 heavy (non-hydrogen) atoms. The number of nitrogens with one attached hydrogen (secondary N) is 1. The largest absolute Gasteiger partial charge is 0.393 e. The molecule has 1 fully saturated rings. The average molecular weight is 448 g/mol. The predicted molar refractivity (Wildman–Crippen MR) is 127 cm³/mol. The van der Waals surface area contributed by atoms with Crippen molar-refractivity contribution in [3.63, 3.8) is 0 Å². The molecule has 0 aliphatic carbocycles. The number of methoxy groups -OCH3 is 1. The molecule has 0 bridgehead atoms. The van der Waals surface area contributed by atoms with Crippen LogP contribution in [0.25, 0.3) is 11.1 Å². The zero-order valence-corrected chi connectivity index (χ0v) is 18.8. The number of benzene rings is 2. The fourth-order valence-corrected chi connectivity index (χ4v) is 3.90. The molecule has 4 rings (SSSR count). The van der Waals surface area contributed by atoms with Crippen LogP contribution >= 0.6 is 0 Å². The van der Waals surface area contributed by atoms with E-state index in [4.69, 9.17) is 9.47 Å². The molecule has 1 aromatic heterocycles. The molecule has 0 unspecified atom stereocenters. The number of anilines is 1. The smallest absolute Gasteiger partial charge is 0.138 e. The normalized spacial score (nSPS) is 19.5. The Bertz CT molecular complexity index is 1100. The SMILES string of the molecule is CO[C@H]1COC[C@@H]1Nc1ccc(-c2ccc(C#C[C@@H](CO)n3ccnc3[C@H](C)O)cc2)cc1. The number of hydrogen-bond donors (Lipinski definition) is 3. The predicted octanol–water partition coefficient (Wildman–Crippen LogP) is 3.01. The fraction of sp³-hybridized carbons (Fsp3) is 0.346. The topological polar surface area (TPSA) is 88.8 Å². The molecule has 7 nitrogen and oxygen atoms in total. The van der Waals surface area contributed by atoms with Gasteiger partial charge in [-0.2, -0.15) is 0 Å². The van der Waals surface area contributed by atoms with Gasteiger partial charge in [0.25, 0.3) is 0 Å². The molecule has 1 aliphatic heterocycles. The first-order valence-corrected chi connectivity index (χ1v) is 11.0. The third-order valence-electron chi connectivity index (χ3n) is 5.75. The number of imidazole rings is 1. The highest BCUT2D eigenvalue weighted by molar-refractivity contribution is 5.67. The second-order valence-electron chi connectivity index (χ2n) is 8.05. The fourth-order valence-electron chi connectivity index (χ4n) is 3.90. The van der Waals surface area contributed by atoms with Crippen molar-refractivity contribution in [2.24, 2.45) is 0 Å². The number of hydrogen-bond acceptors (Lipinski definition) is 6. The first-order valence-electron chi connectivity index (χ1n) is 11.0. The van der Waals surface area contributed by atoms with Crippen LogP contribution in [0.2, 0.25) is 0 Å².